The van der Waals surface area contributed by atoms with Crippen molar-refractivity contribution in [3.8, 4) is 22.9 Å². The lowest BCUT2D eigenvalue weighted by Crippen LogP contribution is -2.59. The molecule has 4 heterocycles. The van der Waals surface area contributed by atoms with Gasteiger partial charge >= 0.3 is 0 Å². The lowest BCUT2D eigenvalue weighted by Gasteiger charge is -2.42. The fourth-order valence-electron chi connectivity index (χ4n) is 4.57. The molecule has 2 saturated heterocycles. The topological polar surface area (TPSA) is 109 Å². The minimum absolute atomic E-state index is 0.0305. The van der Waals surface area contributed by atoms with E-state index >= 15 is 0 Å². The lowest BCUT2D eigenvalue weighted by atomic mass is 9.84. The van der Waals surface area contributed by atoms with Gasteiger partial charge in [-0.1, -0.05) is 12.5 Å². The van der Waals surface area contributed by atoms with E-state index in [0.29, 0.717) is 23.2 Å². The van der Waals surface area contributed by atoms with Crippen LogP contribution in [0.2, 0.25) is 0 Å². The number of phenolic OH excluding ortho intramolecular Hbond substituents is 1. The molecule has 4 atom stereocenters. The van der Waals surface area contributed by atoms with Gasteiger partial charge in [0.15, 0.2) is 6.17 Å². The first kappa shape index (κ1) is 20.6. The summed E-state index contributed by atoms with van der Waals surface area (Å²) in [5.41, 5.74) is 1.68. The first-order valence-corrected chi connectivity index (χ1v) is 10.8. The number of aromatic hydroxyl groups is 1. The number of ether oxygens (including phenoxy) is 1. The second kappa shape index (κ2) is 8.31. The van der Waals surface area contributed by atoms with Crippen molar-refractivity contribution >= 4 is 16.8 Å². The second-order valence-corrected chi connectivity index (χ2v) is 8.33. The Labute approximate surface area is 184 Å². The van der Waals surface area contributed by atoms with E-state index < -0.39 is 12.3 Å². The van der Waals surface area contributed by atoms with Crippen LogP contribution in [-0.2, 0) is 0 Å². The summed E-state index contributed by atoms with van der Waals surface area (Å²) < 4.78 is 20.6. The van der Waals surface area contributed by atoms with Gasteiger partial charge in [-0.2, -0.15) is 0 Å². The van der Waals surface area contributed by atoms with Crippen molar-refractivity contribution < 1.29 is 19.0 Å². The quantitative estimate of drug-likeness (QED) is 0.576. The van der Waals surface area contributed by atoms with Crippen LogP contribution in [0.15, 0.2) is 36.4 Å². The molecule has 1 aromatic carbocycles. The molecular formula is C23H24FN5O3. The average Bonchev–Trinajstić information content (AvgIpc) is 2.82. The fraction of sp³-hybridized carbons (Fsp3) is 0.391. The molecule has 2 bridgehead atoms. The Morgan fingerprint density at radius 1 is 1.22 bits per heavy atom. The Morgan fingerprint density at radius 2 is 2.09 bits per heavy atom. The summed E-state index contributed by atoms with van der Waals surface area (Å²) in [6, 6.07) is 10.1. The Morgan fingerprint density at radius 3 is 2.88 bits per heavy atom. The van der Waals surface area contributed by atoms with Crippen molar-refractivity contribution in [3.05, 3.63) is 42.1 Å². The number of amides is 1. The molecule has 0 saturated carbocycles. The van der Waals surface area contributed by atoms with Gasteiger partial charge in [-0.15, -0.1) is 10.2 Å². The number of benzene rings is 1. The number of hydrogen-bond donors (Lipinski definition) is 3. The molecule has 3 N–H and O–H groups in total. The van der Waals surface area contributed by atoms with Gasteiger partial charge in [-0.3, -0.25) is 4.79 Å². The highest BCUT2D eigenvalue weighted by Gasteiger charge is 2.41. The standard InChI is InChI=1S/C23H24FN5O3/c1-25-23(31)17-6-5-12-9-14(19(30)11-18(12)27-17)15-7-8-21(29-28-15)32-20-10-13-3-2-4-16(26-13)22(20)24/h5-9,11,13,16,20,22,26,30H,2-4,10H2,1H3,(H,25,31)/t13?,16?,20-,22+/m0/s1. The molecule has 8 nitrogen and oxygen atoms in total. The number of hydrogen-bond acceptors (Lipinski definition) is 7. The van der Waals surface area contributed by atoms with Gasteiger partial charge in [0.25, 0.3) is 5.91 Å². The van der Waals surface area contributed by atoms with Gasteiger partial charge in [0.1, 0.15) is 17.5 Å². The predicted octanol–water partition coefficient (Wildman–Crippen LogP) is 2.76. The number of carbonyl (C=O) groups is 1. The maximum atomic E-state index is 14.8. The summed E-state index contributed by atoms with van der Waals surface area (Å²) in [7, 11) is 1.53. The third-order valence-electron chi connectivity index (χ3n) is 6.23. The SMILES string of the molecule is CNC(=O)c1ccc2cc(-c3ccc(O[C@H]4CC5CCCC(N5)[C@H]4F)nn3)c(O)cc2n1. The lowest BCUT2D eigenvalue weighted by molar-refractivity contribution is 0.00652. The highest BCUT2D eigenvalue weighted by Crippen LogP contribution is 2.33. The Hall–Kier alpha value is -3.33. The number of alkyl halides is 1. The third kappa shape index (κ3) is 3.84. The Bertz CT molecular complexity index is 1160. The highest BCUT2D eigenvalue weighted by molar-refractivity contribution is 5.96. The molecule has 2 aromatic heterocycles. The zero-order valence-corrected chi connectivity index (χ0v) is 17.6. The summed E-state index contributed by atoms with van der Waals surface area (Å²) in [4.78, 5) is 16.1. The number of aromatic nitrogens is 3. The summed E-state index contributed by atoms with van der Waals surface area (Å²) >= 11 is 0. The van der Waals surface area contributed by atoms with Gasteiger partial charge < -0.3 is 20.5 Å². The van der Waals surface area contributed by atoms with Crippen molar-refractivity contribution in [2.24, 2.45) is 0 Å². The van der Waals surface area contributed by atoms with Crippen LogP contribution in [0.4, 0.5) is 4.39 Å². The van der Waals surface area contributed by atoms with E-state index in [-0.39, 0.29) is 35.3 Å². The van der Waals surface area contributed by atoms with Crippen LogP contribution in [0.3, 0.4) is 0 Å². The molecule has 0 radical (unpaired) electrons. The molecule has 2 aliphatic rings. The molecule has 32 heavy (non-hydrogen) atoms. The molecule has 2 unspecified atom stereocenters. The van der Waals surface area contributed by atoms with Crippen LogP contribution in [0.1, 0.15) is 36.2 Å². The number of piperidine rings is 2. The maximum absolute atomic E-state index is 14.8. The van der Waals surface area contributed by atoms with Crippen LogP contribution >= 0.6 is 0 Å². The fourth-order valence-corrected chi connectivity index (χ4v) is 4.57. The molecule has 5 rings (SSSR count). The van der Waals surface area contributed by atoms with Crippen LogP contribution < -0.4 is 15.4 Å². The monoisotopic (exact) mass is 437 g/mol. The van der Waals surface area contributed by atoms with Crippen molar-refractivity contribution in [2.75, 3.05) is 7.05 Å². The number of pyridine rings is 1. The summed E-state index contributed by atoms with van der Waals surface area (Å²) in [6.07, 6.45) is 1.89. The smallest absolute Gasteiger partial charge is 0.269 e. The summed E-state index contributed by atoms with van der Waals surface area (Å²) in [6.45, 7) is 0. The van der Waals surface area contributed by atoms with Gasteiger partial charge in [0.2, 0.25) is 5.88 Å². The molecule has 0 spiro atoms. The first-order valence-electron chi connectivity index (χ1n) is 10.8. The summed E-state index contributed by atoms with van der Waals surface area (Å²) in [5, 5.41) is 25.4. The van der Waals surface area contributed by atoms with E-state index in [9.17, 15) is 14.3 Å². The molecule has 2 aliphatic heterocycles. The van der Waals surface area contributed by atoms with Gasteiger partial charge in [-0.05, 0) is 31.0 Å². The predicted molar refractivity (Wildman–Crippen MR) is 116 cm³/mol. The summed E-state index contributed by atoms with van der Waals surface area (Å²) in [5.74, 6) is -0.0691. The van der Waals surface area contributed by atoms with Crippen molar-refractivity contribution in [1.29, 1.82) is 0 Å². The maximum Gasteiger partial charge on any atom is 0.269 e. The number of halogens is 1. The molecule has 9 heteroatoms. The van der Waals surface area contributed by atoms with Gasteiger partial charge in [0.05, 0.1) is 11.2 Å². The Kier molecular flexibility index (Phi) is 5.34. The van der Waals surface area contributed by atoms with Crippen LogP contribution in [0.5, 0.6) is 11.6 Å². The number of fused-ring (bicyclic) bond motifs is 3. The molecule has 2 fully saturated rings. The highest BCUT2D eigenvalue weighted by atomic mass is 19.1. The molecular weight excluding hydrogens is 413 g/mol. The second-order valence-electron chi connectivity index (χ2n) is 8.33. The number of phenols is 1. The molecule has 166 valence electrons. The van der Waals surface area contributed by atoms with E-state index in [1.807, 2.05) is 0 Å². The van der Waals surface area contributed by atoms with E-state index in [2.05, 4.69) is 25.8 Å². The van der Waals surface area contributed by atoms with Gasteiger partial charge in [-0.25, -0.2) is 9.37 Å². The van der Waals surface area contributed by atoms with Crippen LogP contribution in [0.25, 0.3) is 22.2 Å². The average molecular weight is 437 g/mol. The normalized spacial score (nSPS) is 24.8. The molecule has 1 amide bonds. The first-order chi connectivity index (χ1) is 15.5. The van der Waals surface area contributed by atoms with Crippen LogP contribution in [0, 0.1) is 0 Å². The largest absolute Gasteiger partial charge is 0.507 e. The third-order valence-corrected chi connectivity index (χ3v) is 6.23. The zero-order chi connectivity index (χ0) is 22.2. The van der Waals surface area contributed by atoms with Crippen molar-refractivity contribution in [2.45, 2.75) is 50.0 Å². The van der Waals surface area contributed by atoms with Crippen molar-refractivity contribution in [1.82, 2.24) is 25.8 Å². The molecule has 0 aliphatic carbocycles. The van der Waals surface area contributed by atoms with Crippen molar-refractivity contribution in [3.63, 3.8) is 0 Å². The number of rotatable bonds is 4. The van der Waals surface area contributed by atoms with E-state index in [0.717, 1.165) is 24.6 Å². The number of carbonyl (C=O) groups excluding carboxylic acids is 1. The molecule has 3 aromatic rings. The van der Waals surface area contributed by atoms with Gasteiger partial charge in [0, 0.05) is 48.6 Å². The van der Waals surface area contributed by atoms with E-state index in [4.69, 9.17) is 4.74 Å². The minimum Gasteiger partial charge on any atom is -0.507 e. The van der Waals surface area contributed by atoms with E-state index in [1.54, 1.807) is 30.3 Å². The Balaban J connectivity index is 1.36. The number of nitrogens with zero attached hydrogens (tertiary/aromatic N) is 3. The zero-order valence-electron chi connectivity index (χ0n) is 17.6. The number of nitrogens with one attached hydrogen (secondary N) is 2. The van der Waals surface area contributed by atoms with E-state index in [1.165, 1.54) is 13.1 Å². The minimum atomic E-state index is -1.08. The van der Waals surface area contributed by atoms with Crippen LogP contribution in [-0.4, -0.2) is 57.6 Å².